The van der Waals surface area contributed by atoms with Crippen LogP contribution in [0.1, 0.15) is 17.8 Å². The van der Waals surface area contributed by atoms with E-state index >= 15 is 0 Å². The summed E-state index contributed by atoms with van der Waals surface area (Å²) in [4.78, 5) is 8.69. The third-order valence-corrected chi connectivity index (χ3v) is 3.57. The minimum atomic E-state index is 0.421. The third kappa shape index (κ3) is 2.09. The van der Waals surface area contributed by atoms with Crippen LogP contribution in [0.4, 0.5) is 5.82 Å². The predicted octanol–water partition coefficient (Wildman–Crippen LogP) is 2.44. The van der Waals surface area contributed by atoms with E-state index in [0.29, 0.717) is 29.8 Å². The van der Waals surface area contributed by atoms with Gasteiger partial charge in [-0.2, -0.15) is 14.5 Å². The molecule has 0 atom stereocenters. The van der Waals surface area contributed by atoms with Gasteiger partial charge in [0.25, 0.3) is 5.78 Å². The monoisotopic (exact) mass is 293 g/mol. The molecule has 22 heavy (non-hydrogen) atoms. The average molecular weight is 293 g/mol. The van der Waals surface area contributed by atoms with Gasteiger partial charge in [-0.15, -0.1) is 5.10 Å². The number of rotatable bonds is 2. The number of hydrogen-bond donors (Lipinski definition) is 1. The Morgan fingerprint density at radius 3 is 2.91 bits per heavy atom. The lowest BCUT2D eigenvalue weighted by Gasteiger charge is -2.06. The number of fused-ring (bicyclic) bond motifs is 1. The van der Waals surface area contributed by atoms with Gasteiger partial charge in [-0.05, 0) is 19.1 Å². The molecule has 0 fully saturated rings. The molecule has 1 aromatic carbocycles. The van der Waals surface area contributed by atoms with Crippen LogP contribution in [0.2, 0.25) is 0 Å². The minimum absolute atomic E-state index is 0.421. The zero-order valence-corrected chi connectivity index (χ0v) is 12.2. The van der Waals surface area contributed by atoms with Gasteiger partial charge in [-0.3, -0.25) is 0 Å². The number of hydrogen-bond acceptors (Lipinski definition) is 5. The van der Waals surface area contributed by atoms with Gasteiger partial charge < -0.3 is 10.5 Å². The van der Waals surface area contributed by atoms with Crippen molar-refractivity contribution in [1.82, 2.24) is 19.6 Å². The summed E-state index contributed by atoms with van der Waals surface area (Å²) in [5, 5.41) is 4.54. The first-order valence-corrected chi connectivity index (χ1v) is 7.14. The van der Waals surface area contributed by atoms with Gasteiger partial charge in [-0.25, -0.2) is 0 Å². The van der Waals surface area contributed by atoms with Crippen molar-refractivity contribution in [3.05, 3.63) is 47.8 Å². The maximum atomic E-state index is 5.92. The van der Waals surface area contributed by atoms with Gasteiger partial charge in [0, 0.05) is 18.1 Å². The lowest BCUT2D eigenvalue weighted by atomic mass is 10.1. The molecule has 0 radical (unpaired) electrons. The number of nitrogens with zero attached hydrogens (tertiary/aromatic N) is 4. The molecule has 1 aliphatic heterocycles. The molecule has 110 valence electrons. The second kappa shape index (κ2) is 4.84. The SMILES string of the molecule is Cc1cccc(-c2cc(N)nc3nc(C4=CCCO4)nn23)c1. The van der Waals surface area contributed by atoms with Crippen molar-refractivity contribution in [3.63, 3.8) is 0 Å². The van der Waals surface area contributed by atoms with E-state index in [0.717, 1.165) is 17.7 Å². The molecule has 0 unspecified atom stereocenters. The van der Waals surface area contributed by atoms with E-state index in [2.05, 4.69) is 34.1 Å². The van der Waals surface area contributed by atoms with Crippen LogP contribution in [0.25, 0.3) is 22.8 Å². The summed E-state index contributed by atoms with van der Waals surface area (Å²) in [5.41, 5.74) is 8.98. The fraction of sp³-hybridized carbons (Fsp3) is 0.188. The standard InChI is InChI=1S/C16H15N5O/c1-10-4-2-5-11(8-10)12-9-14(17)18-16-19-15(20-21(12)16)13-6-3-7-22-13/h2,4-6,8-9H,3,7H2,1H3,(H2,17,18,19,20). The zero-order chi connectivity index (χ0) is 15.1. The van der Waals surface area contributed by atoms with Crippen molar-refractivity contribution in [2.45, 2.75) is 13.3 Å². The Kier molecular flexibility index (Phi) is 2.82. The fourth-order valence-corrected chi connectivity index (χ4v) is 2.57. The molecular formula is C16H15N5O. The molecule has 3 aromatic rings. The van der Waals surface area contributed by atoms with Crippen LogP contribution in [0.15, 0.2) is 36.4 Å². The van der Waals surface area contributed by atoms with Crippen LogP contribution in [-0.4, -0.2) is 26.2 Å². The van der Waals surface area contributed by atoms with Crippen molar-refractivity contribution in [3.8, 4) is 11.3 Å². The first-order chi connectivity index (χ1) is 10.7. The molecule has 3 heterocycles. The molecule has 2 aromatic heterocycles. The van der Waals surface area contributed by atoms with Crippen molar-refractivity contribution >= 4 is 17.4 Å². The number of nitrogen functional groups attached to an aromatic ring is 1. The van der Waals surface area contributed by atoms with Gasteiger partial charge in [0.2, 0.25) is 5.82 Å². The summed E-state index contributed by atoms with van der Waals surface area (Å²) >= 11 is 0. The molecule has 2 N–H and O–H groups in total. The highest BCUT2D eigenvalue weighted by Gasteiger charge is 2.17. The number of nitrogens with two attached hydrogens (primary N) is 1. The van der Waals surface area contributed by atoms with Crippen LogP contribution in [-0.2, 0) is 4.74 Å². The Balaban J connectivity index is 1.94. The zero-order valence-electron chi connectivity index (χ0n) is 12.2. The quantitative estimate of drug-likeness (QED) is 0.785. The molecule has 0 saturated carbocycles. The molecule has 0 saturated heterocycles. The summed E-state index contributed by atoms with van der Waals surface area (Å²) in [5.74, 6) is 2.15. The minimum Gasteiger partial charge on any atom is -0.490 e. The van der Waals surface area contributed by atoms with Gasteiger partial charge in [0.05, 0.1) is 12.3 Å². The Hall–Kier alpha value is -2.89. The maximum absolute atomic E-state index is 5.92. The molecule has 0 aliphatic carbocycles. The summed E-state index contributed by atoms with van der Waals surface area (Å²) in [6, 6.07) is 9.97. The van der Waals surface area contributed by atoms with Crippen LogP contribution in [0.5, 0.6) is 0 Å². The molecular weight excluding hydrogens is 278 g/mol. The molecule has 6 heteroatoms. The Morgan fingerprint density at radius 1 is 1.23 bits per heavy atom. The van der Waals surface area contributed by atoms with Crippen molar-refractivity contribution < 1.29 is 4.74 Å². The van der Waals surface area contributed by atoms with Gasteiger partial charge >= 0.3 is 0 Å². The summed E-state index contributed by atoms with van der Waals surface area (Å²) < 4.78 is 7.24. The van der Waals surface area contributed by atoms with Crippen molar-refractivity contribution in [1.29, 1.82) is 0 Å². The van der Waals surface area contributed by atoms with Gasteiger partial charge in [0.1, 0.15) is 5.82 Å². The van der Waals surface area contributed by atoms with E-state index in [-0.39, 0.29) is 0 Å². The van der Waals surface area contributed by atoms with Gasteiger partial charge in [-0.1, -0.05) is 23.8 Å². The van der Waals surface area contributed by atoms with E-state index in [1.807, 2.05) is 24.3 Å². The van der Waals surface area contributed by atoms with Crippen LogP contribution in [0, 0.1) is 6.92 Å². The topological polar surface area (TPSA) is 78.3 Å². The normalized spacial score (nSPS) is 14.1. The number of aromatic nitrogens is 4. The molecule has 4 rings (SSSR count). The third-order valence-electron chi connectivity index (χ3n) is 3.57. The van der Waals surface area contributed by atoms with Crippen molar-refractivity contribution in [2.75, 3.05) is 12.3 Å². The lowest BCUT2D eigenvalue weighted by Crippen LogP contribution is -2.00. The Morgan fingerprint density at radius 2 is 2.14 bits per heavy atom. The fourth-order valence-electron chi connectivity index (χ4n) is 2.57. The molecule has 0 spiro atoms. The average Bonchev–Trinajstić information content (AvgIpc) is 3.15. The van der Waals surface area contributed by atoms with Crippen LogP contribution in [0.3, 0.4) is 0 Å². The highest BCUT2D eigenvalue weighted by Crippen LogP contribution is 2.25. The summed E-state index contributed by atoms with van der Waals surface area (Å²) in [7, 11) is 0. The number of benzene rings is 1. The summed E-state index contributed by atoms with van der Waals surface area (Å²) in [6.07, 6.45) is 2.87. The second-order valence-corrected chi connectivity index (χ2v) is 5.29. The van der Waals surface area contributed by atoms with Gasteiger partial charge in [0.15, 0.2) is 5.76 Å². The first kappa shape index (κ1) is 12.8. The number of ether oxygens (including phenoxy) is 1. The number of anilines is 1. The van der Waals surface area contributed by atoms with E-state index in [1.165, 1.54) is 5.56 Å². The van der Waals surface area contributed by atoms with E-state index in [9.17, 15) is 0 Å². The van der Waals surface area contributed by atoms with E-state index < -0.39 is 0 Å². The Labute approximate surface area is 127 Å². The van der Waals surface area contributed by atoms with Crippen LogP contribution >= 0.6 is 0 Å². The smallest absolute Gasteiger partial charge is 0.255 e. The molecule has 0 amide bonds. The van der Waals surface area contributed by atoms with E-state index in [4.69, 9.17) is 10.5 Å². The lowest BCUT2D eigenvalue weighted by molar-refractivity contribution is 0.305. The number of aryl methyl sites for hydroxylation is 1. The summed E-state index contributed by atoms with van der Waals surface area (Å²) in [6.45, 7) is 2.72. The Bertz CT molecular complexity index is 897. The second-order valence-electron chi connectivity index (χ2n) is 5.29. The van der Waals surface area contributed by atoms with Crippen molar-refractivity contribution in [2.24, 2.45) is 0 Å². The molecule has 6 nitrogen and oxygen atoms in total. The van der Waals surface area contributed by atoms with Crippen LogP contribution < -0.4 is 5.73 Å². The highest BCUT2D eigenvalue weighted by atomic mass is 16.5. The highest BCUT2D eigenvalue weighted by molar-refractivity contribution is 5.66. The molecule has 1 aliphatic rings. The first-order valence-electron chi connectivity index (χ1n) is 7.14. The predicted molar refractivity (Wildman–Crippen MR) is 83.9 cm³/mol. The van der Waals surface area contributed by atoms with E-state index in [1.54, 1.807) is 4.52 Å². The molecule has 0 bridgehead atoms. The maximum Gasteiger partial charge on any atom is 0.255 e. The largest absolute Gasteiger partial charge is 0.490 e.